The van der Waals surface area contributed by atoms with E-state index in [1.54, 1.807) is 18.2 Å². The lowest BCUT2D eigenvalue weighted by Crippen LogP contribution is -2.21. The first-order chi connectivity index (χ1) is 7.09. The molecule has 1 aliphatic rings. The molecule has 1 heterocycles. The second-order valence-electron chi connectivity index (χ2n) is 2.97. The molecule has 0 radical (unpaired) electrons. The Hall–Kier alpha value is -1.32. The van der Waals surface area contributed by atoms with Gasteiger partial charge in [-0.2, -0.15) is 0 Å². The summed E-state index contributed by atoms with van der Waals surface area (Å²) >= 11 is 11.8. The van der Waals surface area contributed by atoms with Gasteiger partial charge in [-0.3, -0.25) is 14.9 Å². The number of carbonyl (C=O) groups is 2. The Balaban J connectivity index is 2.60. The highest BCUT2D eigenvalue weighted by atomic mass is 35.5. The van der Waals surface area contributed by atoms with Crippen LogP contribution in [0, 0.1) is 0 Å². The quantitative estimate of drug-likeness (QED) is 0.766. The Bertz CT molecular complexity index is 474. The molecule has 1 aromatic carbocycles. The highest BCUT2D eigenvalue weighted by Gasteiger charge is 2.25. The van der Waals surface area contributed by atoms with E-state index in [0.29, 0.717) is 15.6 Å². The van der Waals surface area contributed by atoms with Crippen molar-refractivity contribution in [1.82, 2.24) is 5.32 Å². The van der Waals surface area contributed by atoms with Crippen LogP contribution in [0.4, 0.5) is 0 Å². The second-order valence-corrected chi connectivity index (χ2v) is 3.79. The number of imide groups is 1. The van der Waals surface area contributed by atoms with E-state index < -0.39 is 11.8 Å². The van der Waals surface area contributed by atoms with Gasteiger partial charge in [-0.05, 0) is 12.1 Å². The summed E-state index contributed by atoms with van der Waals surface area (Å²) in [5.41, 5.74) is 0.597. The van der Waals surface area contributed by atoms with Gasteiger partial charge in [0.25, 0.3) is 11.8 Å². The van der Waals surface area contributed by atoms with Crippen molar-refractivity contribution >= 4 is 40.6 Å². The predicted octanol–water partition coefficient (Wildman–Crippen LogP) is 2.03. The minimum atomic E-state index is -0.477. The van der Waals surface area contributed by atoms with Crippen LogP contribution in [-0.2, 0) is 9.59 Å². The molecular formula is C10H5Cl2NO2. The number of hydrogen-bond acceptors (Lipinski definition) is 2. The molecule has 0 spiro atoms. The van der Waals surface area contributed by atoms with Crippen LogP contribution in [0.2, 0.25) is 10.0 Å². The van der Waals surface area contributed by atoms with Crippen LogP contribution in [0.1, 0.15) is 5.56 Å². The molecule has 0 atom stereocenters. The summed E-state index contributed by atoms with van der Waals surface area (Å²) in [5.74, 6) is -0.930. The van der Waals surface area contributed by atoms with E-state index in [-0.39, 0.29) is 5.57 Å². The first-order valence-corrected chi connectivity index (χ1v) is 4.86. The van der Waals surface area contributed by atoms with Crippen LogP contribution >= 0.6 is 23.2 Å². The summed E-state index contributed by atoms with van der Waals surface area (Å²) in [6, 6.07) is 4.89. The van der Waals surface area contributed by atoms with Crippen LogP contribution in [0.15, 0.2) is 24.3 Å². The fourth-order valence-electron chi connectivity index (χ4n) is 1.35. The third-order valence-corrected chi connectivity index (χ3v) is 2.62. The Morgan fingerprint density at radius 3 is 2.13 bits per heavy atom. The van der Waals surface area contributed by atoms with Gasteiger partial charge < -0.3 is 0 Å². The zero-order chi connectivity index (χ0) is 11.0. The molecule has 2 amide bonds. The average Bonchev–Trinajstić information content (AvgIpc) is 2.45. The van der Waals surface area contributed by atoms with Crippen molar-refractivity contribution in [2.75, 3.05) is 0 Å². The maximum absolute atomic E-state index is 11.4. The molecule has 5 heteroatoms. The summed E-state index contributed by atoms with van der Waals surface area (Å²) < 4.78 is 0. The number of carbonyl (C=O) groups excluding carboxylic acids is 2. The topological polar surface area (TPSA) is 46.2 Å². The highest BCUT2D eigenvalue weighted by Crippen LogP contribution is 2.32. The van der Waals surface area contributed by atoms with Gasteiger partial charge in [-0.25, -0.2) is 0 Å². The van der Waals surface area contributed by atoms with Crippen LogP contribution in [0.3, 0.4) is 0 Å². The number of nitrogens with one attached hydrogen (secondary N) is 1. The molecule has 0 aromatic heterocycles. The lowest BCUT2D eigenvalue weighted by atomic mass is 10.1. The average molecular weight is 242 g/mol. The molecule has 1 aromatic rings. The van der Waals surface area contributed by atoms with Crippen molar-refractivity contribution < 1.29 is 9.59 Å². The van der Waals surface area contributed by atoms with Crippen LogP contribution < -0.4 is 5.32 Å². The number of hydrogen-bond donors (Lipinski definition) is 1. The lowest BCUT2D eigenvalue weighted by molar-refractivity contribution is -0.123. The number of halogens is 2. The zero-order valence-electron chi connectivity index (χ0n) is 7.38. The standard InChI is InChI=1S/C10H5Cl2NO2/c11-6-2-1-3-7(12)9(6)5-4-8(14)13-10(5)15/h1-4H,(H,13,14,15). The highest BCUT2D eigenvalue weighted by molar-refractivity contribution is 6.43. The van der Waals surface area contributed by atoms with E-state index in [4.69, 9.17) is 23.2 Å². The maximum Gasteiger partial charge on any atom is 0.259 e. The van der Waals surface area contributed by atoms with Crippen molar-refractivity contribution in [2.45, 2.75) is 0 Å². The fourth-order valence-corrected chi connectivity index (χ4v) is 1.95. The van der Waals surface area contributed by atoms with Crippen LogP contribution in [0.25, 0.3) is 5.57 Å². The van der Waals surface area contributed by atoms with E-state index in [1.165, 1.54) is 6.08 Å². The van der Waals surface area contributed by atoms with Crippen molar-refractivity contribution in [3.8, 4) is 0 Å². The van der Waals surface area contributed by atoms with Crippen molar-refractivity contribution in [1.29, 1.82) is 0 Å². The van der Waals surface area contributed by atoms with Gasteiger partial charge in [-0.1, -0.05) is 29.3 Å². The summed E-state index contributed by atoms with van der Waals surface area (Å²) in [5, 5.41) is 2.82. The Morgan fingerprint density at radius 2 is 1.67 bits per heavy atom. The fraction of sp³-hybridized carbons (Fsp3) is 0. The monoisotopic (exact) mass is 241 g/mol. The van der Waals surface area contributed by atoms with Crippen molar-refractivity contribution in [2.24, 2.45) is 0 Å². The Morgan fingerprint density at radius 1 is 1.07 bits per heavy atom. The van der Waals surface area contributed by atoms with Crippen molar-refractivity contribution in [3.05, 3.63) is 39.9 Å². The lowest BCUT2D eigenvalue weighted by Gasteiger charge is -2.05. The molecule has 0 bridgehead atoms. The summed E-state index contributed by atoms with van der Waals surface area (Å²) in [6.45, 7) is 0. The molecular weight excluding hydrogens is 237 g/mol. The third kappa shape index (κ3) is 1.76. The van der Waals surface area contributed by atoms with E-state index >= 15 is 0 Å². The molecule has 1 aliphatic heterocycles. The first kappa shape index (κ1) is 10.2. The number of benzene rings is 1. The first-order valence-electron chi connectivity index (χ1n) is 4.11. The van der Waals surface area contributed by atoms with Gasteiger partial charge in [0.2, 0.25) is 0 Å². The Labute approximate surface area is 95.7 Å². The predicted molar refractivity (Wildman–Crippen MR) is 57.6 cm³/mol. The molecule has 1 N–H and O–H groups in total. The maximum atomic E-state index is 11.4. The molecule has 15 heavy (non-hydrogen) atoms. The van der Waals surface area contributed by atoms with E-state index in [2.05, 4.69) is 5.32 Å². The van der Waals surface area contributed by atoms with Crippen LogP contribution in [-0.4, -0.2) is 11.8 Å². The van der Waals surface area contributed by atoms with Gasteiger partial charge in [0, 0.05) is 11.6 Å². The summed E-state index contributed by atoms with van der Waals surface area (Å²) in [4.78, 5) is 22.3. The van der Waals surface area contributed by atoms with E-state index in [0.717, 1.165) is 0 Å². The summed E-state index contributed by atoms with van der Waals surface area (Å²) in [7, 11) is 0. The smallest absolute Gasteiger partial charge is 0.259 e. The Kier molecular flexibility index (Phi) is 2.50. The SMILES string of the molecule is O=C1C=C(c2c(Cl)cccc2Cl)C(=O)N1. The minimum absolute atomic E-state index is 0.204. The van der Waals surface area contributed by atoms with Gasteiger partial charge in [-0.15, -0.1) is 0 Å². The van der Waals surface area contributed by atoms with Crippen LogP contribution in [0.5, 0.6) is 0 Å². The molecule has 0 saturated heterocycles. The number of amides is 2. The third-order valence-electron chi connectivity index (χ3n) is 1.99. The number of rotatable bonds is 1. The second kappa shape index (κ2) is 3.68. The van der Waals surface area contributed by atoms with Gasteiger partial charge in [0.1, 0.15) is 0 Å². The molecule has 76 valence electrons. The molecule has 3 nitrogen and oxygen atoms in total. The molecule has 0 fully saturated rings. The normalized spacial score (nSPS) is 15.2. The van der Waals surface area contributed by atoms with E-state index in [1.807, 2.05) is 0 Å². The van der Waals surface area contributed by atoms with E-state index in [9.17, 15) is 9.59 Å². The molecule has 0 unspecified atom stereocenters. The largest absolute Gasteiger partial charge is 0.289 e. The summed E-state index contributed by atoms with van der Waals surface area (Å²) in [6.07, 6.45) is 1.19. The zero-order valence-corrected chi connectivity index (χ0v) is 8.89. The van der Waals surface area contributed by atoms with Gasteiger partial charge in [0.15, 0.2) is 0 Å². The van der Waals surface area contributed by atoms with Gasteiger partial charge in [0.05, 0.1) is 15.6 Å². The minimum Gasteiger partial charge on any atom is -0.289 e. The van der Waals surface area contributed by atoms with Crippen molar-refractivity contribution in [3.63, 3.8) is 0 Å². The molecule has 2 rings (SSSR count). The molecule has 0 saturated carbocycles. The molecule has 0 aliphatic carbocycles. The van der Waals surface area contributed by atoms with Gasteiger partial charge >= 0.3 is 0 Å².